The normalized spacial score (nSPS) is 17.2. The van der Waals surface area contributed by atoms with Crippen molar-refractivity contribution in [3.05, 3.63) is 87.7 Å². The number of ketones is 1. The number of Topliss-reactive ketones (excluding diaryl/α,β-unsaturated/α-hetero) is 1. The Morgan fingerprint density at radius 1 is 1.14 bits per heavy atom. The van der Waals surface area contributed by atoms with Crippen LogP contribution in [0.2, 0.25) is 5.02 Å². The summed E-state index contributed by atoms with van der Waals surface area (Å²) in [5, 5.41) is 12.2. The van der Waals surface area contributed by atoms with Crippen molar-refractivity contribution in [3.8, 4) is 5.75 Å². The fourth-order valence-electron chi connectivity index (χ4n) is 4.26. The summed E-state index contributed by atoms with van der Waals surface area (Å²) in [5.74, 6) is -1.18. The lowest BCUT2D eigenvalue weighted by molar-refractivity contribution is -0.132. The molecule has 7 nitrogen and oxygen atoms in total. The van der Waals surface area contributed by atoms with Crippen molar-refractivity contribution in [2.24, 2.45) is 0 Å². The lowest BCUT2D eigenvalue weighted by Crippen LogP contribution is -2.29. The minimum Gasteiger partial charge on any atom is -0.507 e. The molecule has 4 aromatic rings. The van der Waals surface area contributed by atoms with Gasteiger partial charge in [0.15, 0.2) is 5.13 Å². The Balaban J connectivity index is 1.69. The van der Waals surface area contributed by atoms with Gasteiger partial charge in [0.25, 0.3) is 5.78 Å². The summed E-state index contributed by atoms with van der Waals surface area (Å²) in [6, 6.07) is 13.0. The minimum absolute atomic E-state index is 0.0456. The first-order chi connectivity index (χ1) is 17.3. The third-order valence-corrected chi connectivity index (χ3v) is 7.45. The Hall–Kier alpha value is -3.75. The van der Waals surface area contributed by atoms with Gasteiger partial charge in [-0.3, -0.25) is 19.5 Å². The molecular weight excluding hydrogens is 498 g/mol. The van der Waals surface area contributed by atoms with Gasteiger partial charge in [-0.2, -0.15) is 0 Å². The van der Waals surface area contributed by atoms with E-state index in [1.54, 1.807) is 48.7 Å². The quantitative estimate of drug-likeness (QED) is 0.198. The molecule has 9 heteroatoms. The van der Waals surface area contributed by atoms with E-state index in [9.17, 15) is 14.7 Å². The fraction of sp³-hybridized carbons (Fsp3) is 0.185. The van der Waals surface area contributed by atoms with Crippen molar-refractivity contribution in [3.63, 3.8) is 0 Å². The average Bonchev–Trinajstić information content (AvgIpc) is 3.38. The summed E-state index contributed by atoms with van der Waals surface area (Å²) < 4.78 is 6.42. The summed E-state index contributed by atoms with van der Waals surface area (Å²) in [4.78, 5) is 37.1. The van der Waals surface area contributed by atoms with Gasteiger partial charge in [0.05, 0.1) is 28.1 Å². The van der Waals surface area contributed by atoms with Gasteiger partial charge in [-0.15, -0.1) is 0 Å². The maximum absolute atomic E-state index is 13.4. The van der Waals surface area contributed by atoms with E-state index in [4.69, 9.17) is 16.3 Å². The number of nitrogens with zero attached hydrogens (tertiary/aromatic N) is 3. The van der Waals surface area contributed by atoms with Crippen molar-refractivity contribution in [1.82, 2.24) is 9.97 Å². The Morgan fingerprint density at radius 2 is 1.94 bits per heavy atom. The molecule has 1 unspecified atom stereocenters. The van der Waals surface area contributed by atoms with Crippen molar-refractivity contribution < 1.29 is 19.4 Å². The van der Waals surface area contributed by atoms with Gasteiger partial charge in [0, 0.05) is 16.8 Å². The number of fused-ring (bicyclic) bond motifs is 1. The molecule has 0 radical (unpaired) electrons. The smallest absolute Gasteiger partial charge is 0.301 e. The zero-order valence-electron chi connectivity index (χ0n) is 19.8. The van der Waals surface area contributed by atoms with E-state index in [1.807, 2.05) is 26.8 Å². The highest BCUT2D eigenvalue weighted by Crippen LogP contribution is 2.44. The van der Waals surface area contributed by atoms with Crippen LogP contribution >= 0.6 is 22.9 Å². The highest BCUT2D eigenvalue weighted by atomic mass is 35.5. The molecule has 1 saturated heterocycles. The number of carbonyl (C=O) groups excluding carboxylic acids is 2. The third kappa shape index (κ3) is 4.02. The monoisotopic (exact) mass is 519 g/mol. The molecule has 36 heavy (non-hydrogen) atoms. The van der Waals surface area contributed by atoms with Gasteiger partial charge in [0.2, 0.25) is 0 Å². The van der Waals surface area contributed by atoms with E-state index in [0.29, 0.717) is 39.3 Å². The van der Waals surface area contributed by atoms with Crippen molar-refractivity contribution >= 4 is 55.7 Å². The number of hydrogen-bond donors (Lipinski definition) is 1. The van der Waals surface area contributed by atoms with E-state index < -0.39 is 17.7 Å². The van der Waals surface area contributed by atoms with Gasteiger partial charge >= 0.3 is 5.91 Å². The Labute approximate surface area is 216 Å². The number of aromatic nitrogens is 2. The van der Waals surface area contributed by atoms with Gasteiger partial charge in [0.1, 0.15) is 17.6 Å². The number of halogens is 1. The van der Waals surface area contributed by atoms with Crippen LogP contribution in [0.4, 0.5) is 5.13 Å². The van der Waals surface area contributed by atoms with Gasteiger partial charge in [-0.1, -0.05) is 29.0 Å². The molecule has 2 aromatic carbocycles. The van der Waals surface area contributed by atoms with Gasteiger partial charge in [-0.05, 0) is 74.4 Å². The molecule has 5 rings (SSSR count). The number of aliphatic hydroxyl groups is 1. The molecule has 0 bridgehead atoms. The Bertz CT molecular complexity index is 1510. The summed E-state index contributed by atoms with van der Waals surface area (Å²) in [6.45, 7) is 6.13. The van der Waals surface area contributed by atoms with Crippen LogP contribution in [-0.4, -0.2) is 33.4 Å². The predicted octanol–water partition coefficient (Wildman–Crippen LogP) is 5.99. The molecule has 1 atom stereocenters. The first-order valence-electron chi connectivity index (χ1n) is 11.3. The number of rotatable bonds is 5. The van der Waals surface area contributed by atoms with E-state index in [1.165, 1.54) is 16.2 Å². The maximum Gasteiger partial charge on any atom is 0.301 e. The fourth-order valence-corrected chi connectivity index (χ4v) is 5.49. The lowest BCUT2D eigenvalue weighted by Gasteiger charge is -2.22. The zero-order chi connectivity index (χ0) is 25.6. The number of aliphatic hydroxyl groups excluding tert-OH is 1. The molecule has 182 valence electrons. The van der Waals surface area contributed by atoms with Crippen LogP contribution in [0.5, 0.6) is 5.75 Å². The van der Waals surface area contributed by atoms with Crippen LogP contribution < -0.4 is 9.64 Å². The van der Waals surface area contributed by atoms with Crippen LogP contribution in [0, 0.1) is 13.8 Å². The summed E-state index contributed by atoms with van der Waals surface area (Å²) in [5.41, 5.74) is 3.10. The largest absolute Gasteiger partial charge is 0.507 e. The topological polar surface area (TPSA) is 92.6 Å². The van der Waals surface area contributed by atoms with Gasteiger partial charge < -0.3 is 9.84 Å². The predicted molar refractivity (Wildman–Crippen MR) is 141 cm³/mol. The molecule has 3 heterocycles. The van der Waals surface area contributed by atoms with Crippen LogP contribution in [0.25, 0.3) is 16.0 Å². The van der Waals surface area contributed by atoms with Crippen LogP contribution in [0.15, 0.2) is 60.3 Å². The van der Waals surface area contributed by atoms with Crippen LogP contribution in [-0.2, 0) is 9.59 Å². The van der Waals surface area contributed by atoms with Crippen molar-refractivity contribution in [1.29, 1.82) is 0 Å². The number of hydrogen-bond acceptors (Lipinski definition) is 7. The molecule has 1 aliphatic rings. The lowest BCUT2D eigenvalue weighted by atomic mass is 9.97. The van der Waals surface area contributed by atoms with E-state index in [2.05, 4.69) is 9.97 Å². The highest BCUT2D eigenvalue weighted by molar-refractivity contribution is 7.22. The summed E-state index contributed by atoms with van der Waals surface area (Å²) >= 11 is 7.56. The number of carbonyl (C=O) groups is 2. The molecule has 0 aliphatic carbocycles. The second-order valence-corrected chi connectivity index (χ2v) is 9.82. The van der Waals surface area contributed by atoms with E-state index in [-0.39, 0.29) is 11.3 Å². The Morgan fingerprint density at radius 3 is 2.64 bits per heavy atom. The molecule has 0 saturated carbocycles. The number of thiazole rings is 1. The number of aryl methyl sites for hydroxylation is 2. The van der Waals surface area contributed by atoms with Crippen molar-refractivity contribution in [2.45, 2.75) is 26.8 Å². The minimum atomic E-state index is -0.949. The van der Waals surface area contributed by atoms with Crippen molar-refractivity contribution in [2.75, 3.05) is 11.5 Å². The molecule has 1 fully saturated rings. The summed E-state index contributed by atoms with van der Waals surface area (Å²) in [6.07, 6.45) is 1.58. The van der Waals surface area contributed by atoms with Crippen LogP contribution in [0.1, 0.15) is 35.3 Å². The Kier molecular flexibility index (Phi) is 6.24. The third-order valence-electron chi connectivity index (χ3n) is 6.02. The number of benzene rings is 2. The molecule has 0 spiro atoms. The number of anilines is 1. The number of ether oxygens (including phenoxy) is 1. The second kappa shape index (κ2) is 9.37. The molecule has 1 amide bonds. The molecule has 2 aromatic heterocycles. The number of pyridine rings is 1. The van der Waals surface area contributed by atoms with E-state index in [0.717, 1.165) is 15.8 Å². The first-order valence-corrected chi connectivity index (χ1v) is 12.5. The van der Waals surface area contributed by atoms with Gasteiger partial charge in [-0.25, -0.2) is 4.98 Å². The van der Waals surface area contributed by atoms with E-state index >= 15 is 0 Å². The standard InChI is InChI=1S/C27H22ClN3O4S/c1-4-35-20-9-8-16(11-15(20)3)24(32)22-23(18-7-5-6-10-29-18)31(26(34)25(22)33)27-30-19-13-17(28)14(2)12-21(19)36-27/h5-13,23,32H,4H2,1-3H3/b24-22+. The molecule has 1 aliphatic heterocycles. The SMILES string of the molecule is CCOc1ccc(/C(O)=C2\C(=O)C(=O)N(c3nc4cc(Cl)c(C)cc4s3)C2c2ccccn2)cc1C. The average molecular weight is 520 g/mol. The zero-order valence-corrected chi connectivity index (χ0v) is 21.4. The highest BCUT2D eigenvalue weighted by Gasteiger charge is 2.48. The molecular formula is C27H22ClN3O4S. The second-order valence-electron chi connectivity index (χ2n) is 8.40. The summed E-state index contributed by atoms with van der Waals surface area (Å²) in [7, 11) is 0. The maximum atomic E-state index is 13.4. The van der Waals surface area contributed by atoms with Crippen LogP contribution in [0.3, 0.4) is 0 Å². The number of amides is 1. The first kappa shape index (κ1) is 24.0. The molecule has 1 N–H and O–H groups in total.